The molecule has 0 aromatic rings. The third-order valence-corrected chi connectivity index (χ3v) is 1.01. The molecule has 5 heteroatoms. The van der Waals surface area contributed by atoms with Crippen molar-refractivity contribution in [1.82, 2.24) is 5.32 Å². The lowest BCUT2D eigenvalue weighted by molar-refractivity contribution is 0.144. The molecule has 1 fully saturated rings. The van der Waals surface area contributed by atoms with Crippen molar-refractivity contribution in [3.63, 3.8) is 0 Å². The quantitative estimate of drug-likeness (QED) is 0.531. The van der Waals surface area contributed by atoms with E-state index in [0.717, 1.165) is 0 Å². The van der Waals surface area contributed by atoms with E-state index in [4.69, 9.17) is 5.73 Å². The molecule has 0 spiro atoms. The fraction of sp³-hybridized carbons (Fsp3) is 0.750. The van der Waals surface area contributed by atoms with Crippen LogP contribution in [-0.4, -0.2) is 25.3 Å². The van der Waals surface area contributed by atoms with E-state index in [-0.39, 0.29) is 24.6 Å². The zero-order valence-corrected chi connectivity index (χ0v) is 5.61. The normalized spacial score (nSPS) is 24.1. The van der Waals surface area contributed by atoms with Gasteiger partial charge in [0.1, 0.15) is 6.10 Å². The van der Waals surface area contributed by atoms with E-state index >= 15 is 0 Å². The van der Waals surface area contributed by atoms with Gasteiger partial charge < -0.3 is 15.8 Å². The lowest BCUT2D eigenvalue weighted by Crippen LogP contribution is -2.23. The lowest BCUT2D eigenvalue weighted by Gasteiger charge is -1.99. The predicted molar refractivity (Wildman–Crippen MR) is 34.6 cm³/mol. The van der Waals surface area contributed by atoms with Crippen LogP contribution < -0.4 is 11.1 Å². The van der Waals surface area contributed by atoms with Crippen molar-refractivity contribution in [1.29, 1.82) is 0 Å². The second kappa shape index (κ2) is 3.53. The van der Waals surface area contributed by atoms with Crippen molar-refractivity contribution >= 4 is 18.5 Å². The summed E-state index contributed by atoms with van der Waals surface area (Å²) in [6.45, 7) is 0.952. The van der Waals surface area contributed by atoms with Crippen molar-refractivity contribution in [2.24, 2.45) is 5.73 Å². The van der Waals surface area contributed by atoms with Crippen LogP contribution in [0.5, 0.6) is 0 Å². The van der Waals surface area contributed by atoms with E-state index in [1.54, 1.807) is 0 Å². The number of nitrogens with one attached hydrogen (secondary N) is 1. The van der Waals surface area contributed by atoms with Crippen molar-refractivity contribution in [3.05, 3.63) is 0 Å². The highest BCUT2D eigenvalue weighted by molar-refractivity contribution is 5.85. The summed E-state index contributed by atoms with van der Waals surface area (Å²) in [5.74, 6) is 0. The second-order valence-corrected chi connectivity index (χ2v) is 1.64. The van der Waals surface area contributed by atoms with Gasteiger partial charge in [-0.3, -0.25) is 0 Å². The Morgan fingerprint density at radius 1 is 1.89 bits per heavy atom. The maximum absolute atomic E-state index is 10.2. The minimum absolute atomic E-state index is 0. The Hall–Kier alpha value is -0.480. The van der Waals surface area contributed by atoms with Crippen LogP contribution in [0, 0.1) is 0 Å². The summed E-state index contributed by atoms with van der Waals surface area (Å²) >= 11 is 0. The molecule has 0 aromatic carbocycles. The number of rotatable bonds is 1. The summed E-state index contributed by atoms with van der Waals surface area (Å²) in [6, 6.07) is 0. The largest absolute Gasteiger partial charge is 0.443 e. The van der Waals surface area contributed by atoms with Crippen LogP contribution in [0.4, 0.5) is 4.79 Å². The number of cyclic esters (lactones) is 1. The van der Waals surface area contributed by atoms with Gasteiger partial charge in [-0.05, 0) is 0 Å². The van der Waals surface area contributed by atoms with E-state index in [0.29, 0.717) is 13.1 Å². The number of amides is 1. The van der Waals surface area contributed by atoms with E-state index in [1.807, 2.05) is 0 Å². The first-order valence-electron chi connectivity index (χ1n) is 2.47. The summed E-state index contributed by atoms with van der Waals surface area (Å²) < 4.78 is 4.64. The Balaban J connectivity index is 0.000000640. The molecule has 3 N–H and O–H groups in total. The molecule has 1 saturated heterocycles. The first kappa shape index (κ1) is 8.52. The molecule has 1 unspecified atom stereocenters. The van der Waals surface area contributed by atoms with Crippen LogP contribution in [0.1, 0.15) is 0 Å². The number of carbonyl (C=O) groups excluding carboxylic acids is 1. The number of nitrogens with two attached hydrogens (primary N) is 1. The molecule has 0 bridgehead atoms. The lowest BCUT2D eigenvalue weighted by atomic mass is 10.4. The number of ether oxygens (including phenoxy) is 1. The van der Waals surface area contributed by atoms with Crippen LogP contribution in [0.2, 0.25) is 0 Å². The number of hydrogen-bond donors (Lipinski definition) is 2. The van der Waals surface area contributed by atoms with Gasteiger partial charge in [-0.25, -0.2) is 4.79 Å². The molecule has 0 saturated carbocycles. The minimum Gasteiger partial charge on any atom is -0.443 e. The smallest absolute Gasteiger partial charge is 0.407 e. The van der Waals surface area contributed by atoms with Gasteiger partial charge in [0.05, 0.1) is 6.54 Å². The molecule has 1 atom stereocenters. The Bertz CT molecular complexity index is 109. The van der Waals surface area contributed by atoms with Gasteiger partial charge in [-0.1, -0.05) is 0 Å². The molecule has 4 nitrogen and oxygen atoms in total. The predicted octanol–water partition coefficient (Wildman–Crippen LogP) is -0.525. The van der Waals surface area contributed by atoms with Crippen molar-refractivity contribution in [2.75, 3.05) is 13.1 Å². The summed E-state index contributed by atoms with van der Waals surface area (Å²) in [7, 11) is 0. The summed E-state index contributed by atoms with van der Waals surface area (Å²) in [6.07, 6.45) is -0.469. The first-order valence-corrected chi connectivity index (χ1v) is 2.47. The molecule has 9 heavy (non-hydrogen) atoms. The number of hydrogen-bond acceptors (Lipinski definition) is 3. The van der Waals surface area contributed by atoms with Crippen LogP contribution in [-0.2, 0) is 4.74 Å². The van der Waals surface area contributed by atoms with Crippen LogP contribution >= 0.6 is 12.4 Å². The number of alkyl carbamates (subject to hydrolysis) is 1. The van der Waals surface area contributed by atoms with E-state index in [1.165, 1.54) is 0 Å². The molecule has 1 aliphatic rings. The molecule has 1 rings (SSSR count). The fourth-order valence-corrected chi connectivity index (χ4v) is 0.563. The summed E-state index contributed by atoms with van der Waals surface area (Å²) in [5.41, 5.74) is 5.18. The molecule has 0 radical (unpaired) electrons. The van der Waals surface area contributed by atoms with Gasteiger partial charge in [0.15, 0.2) is 0 Å². The van der Waals surface area contributed by atoms with Crippen molar-refractivity contribution < 1.29 is 9.53 Å². The molecule has 0 aromatic heterocycles. The Morgan fingerprint density at radius 2 is 2.56 bits per heavy atom. The summed E-state index contributed by atoms with van der Waals surface area (Å²) in [5, 5.41) is 2.48. The fourth-order valence-electron chi connectivity index (χ4n) is 0.563. The third-order valence-electron chi connectivity index (χ3n) is 1.01. The number of carbonyl (C=O) groups is 1. The minimum atomic E-state index is -0.361. The van der Waals surface area contributed by atoms with E-state index in [9.17, 15) is 4.79 Å². The van der Waals surface area contributed by atoms with Gasteiger partial charge in [0, 0.05) is 6.54 Å². The number of halogens is 1. The summed E-state index contributed by atoms with van der Waals surface area (Å²) in [4.78, 5) is 10.2. The second-order valence-electron chi connectivity index (χ2n) is 1.64. The van der Waals surface area contributed by atoms with Gasteiger partial charge >= 0.3 is 6.09 Å². The topological polar surface area (TPSA) is 64.3 Å². The highest BCUT2D eigenvalue weighted by atomic mass is 35.5. The monoisotopic (exact) mass is 152 g/mol. The zero-order chi connectivity index (χ0) is 5.98. The van der Waals surface area contributed by atoms with Gasteiger partial charge in [0.2, 0.25) is 0 Å². The first-order chi connectivity index (χ1) is 3.83. The zero-order valence-electron chi connectivity index (χ0n) is 4.79. The molecular weight excluding hydrogens is 144 g/mol. The highest BCUT2D eigenvalue weighted by Crippen LogP contribution is 1.95. The maximum atomic E-state index is 10.2. The molecule has 1 aliphatic heterocycles. The Morgan fingerprint density at radius 3 is 2.78 bits per heavy atom. The van der Waals surface area contributed by atoms with Crippen molar-refractivity contribution in [3.8, 4) is 0 Å². The van der Waals surface area contributed by atoms with Gasteiger partial charge in [-0.2, -0.15) is 0 Å². The molecule has 54 valence electrons. The molecular formula is C4H9ClN2O2. The standard InChI is InChI=1S/C4H8N2O2.ClH/c5-1-3-2-6-4(7)8-3;/h3H,1-2,5H2,(H,6,7);1H. The highest BCUT2D eigenvalue weighted by Gasteiger charge is 2.19. The Labute approximate surface area is 59.1 Å². The maximum Gasteiger partial charge on any atom is 0.407 e. The average molecular weight is 153 g/mol. The van der Waals surface area contributed by atoms with Crippen molar-refractivity contribution in [2.45, 2.75) is 6.10 Å². The van der Waals surface area contributed by atoms with Crippen LogP contribution in [0.25, 0.3) is 0 Å². The van der Waals surface area contributed by atoms with Crippen LogP contribution in [0.3, 0.4) is 0 Å². The molecule has 0 aliphatic carbocycles. The molecule has 1 amide bonds. The SMILES string of the molecule is Cl.NCC1CNC(=O)O1. The van der Waals surface area contributed by atoms with Gasteiger partial charge in [0.25, 0.3) is 0 Å². The van der Waals surface area contributed by atoms with Crippen LogP contribution in [0.15, 0.2) is 0 Å². The average Bonchev–Trinajstić information content (AvgIpc) is 2.14. The van der Waals surface area contributed by atoms with E-state index in [2.05, 4.69) is 10.1 Å². The molecule has 1 heterocycles. The van der Waals surface area contributed by atoms with E-state index < -0.39 is 0 Å². The van der Waals surface area contributed by atoms with Gasteiger partial charge in [-0.15, -0.1) is 12.4 Å². The third kappa shape index (κ3) is 2.07. The Kier molecular flexibility index (Phi) is 3.34.